The molecule has 0 aliphatic heterocycles. The molecular weight excluding hydrogens is 144 g/mol. The molecule has 2 rings (SSSR count). The van der Waals surface area contributed by atoms with Crippen molar-refractivity contribution in [3.63, 3.8) is 0 Å². The molecule has 0 spiro atoms. The van der Waals surface area contributed by atoms with Crippen LogP contribution in [0, 0.1) is 22.7 Å². The van der Waals surface area contributed by atoms with E-state index in [1.54, 1.807) is 0 Å². The van der Waals surface area contributed by atoms with E-state index < -0.39 is 0 Å². The van der Waals surface area contributed by atoms with E-state index in [-0.39, 0.29) is 0 Å². The monoisotopic (exact) mass is 166 g/mol. The van der Waals surface area contributed by atoms with E-state index in [2.05, 4.69) is 27.7 Å². The lowest BCUT2D eigenvalue weighted by Gasteiger charge is -2.54. The number of rotatable bonds is 1. The fourth-order valence-electron chi connectivity index (χ4n) is 3.39. The van der Waals surface area contributed by atoms with Crippen molar-refractivity contribution in [3.8, 4) is 0 Å². The Morgan fingerprint density at radius 1 is 0.667 bits per heavy atom. The summed E-state index contributed by atoms with van der Waals surface area (Å²) in [5, 5.41) is 0. The minimum Gasteiger partial charge on any atom is -0.0599 e. The SMILES string of the molecule is CC1(C)CC(C2CC(C)(C)C2)C1. The molecule has 0 heteroatoms. The van der Waals surface area contributed by atoms with Crippen LogP contribution in [0.2, 0.25) is 0 Å². The summed E-state index contributed by atoms with van der Waals surface area (Å²) in [4.78, 5) is 0. The Balaban J connectivity index is 1.78. The van der Waals surface area contributed by atoms with E-state index in [0.717, 1.165) is 11.8 Å². The van der Waals surface area contributed by atoms with Gasteiger partial charge >= 0.3 is 0 Å². The van der Waals surface area contributed by atoms with Crippen LogP contribution in [0.15, 0.2) is 0 Å². The summed E-state index contributed by atoms with van der Waals surface area (Å²) < 4.78 is 0. The van der Waals surface area contributed by atoms with E-state index in [0.29, 0.717) is 10.8 Å². The van der Waals surface area contributed by atoms with Gasteiger partial charge in [0, 0.05) is 0 Å². The molecule has 12 heavy (non-hydrogen) atoms. The molecular formula is C12H22. The van der Waals surface area contributed by atoms with Gasteiger partial charge < -0.3 is 0 Å². The molecule has 0 amide bonds. The van der Waals surface area contributed by atoms with Crippen LogP contribution in [0.25, 0.3) is 0 Å². The third-order valence-electron chi connectivity index (χ3n) is 3.93. The standard InChI is InChI=1S/C12H22/c1-11(2)5-9(6-11)10-7-12(3,4)8-10/h9-10H,5-8H2,1-4H3. The molecule has 0 aromatic rings. The van der Waals surface area contributed by atoms with Gasteiger partial charge in [0.25, 0.3) is 0 Å². The van der Waals surface area contributed by atoms with Crippen molar-refractivity contribution >= 4 is 0 Å². The zero-order valence-corrected chi connectivity index (χ0v) is 8.98. The van der Waals surface area contributed by atoms with Crippen molar-refractivity contribution in [1.82, 2.24) is 0 Å². The molecule has 0 atom stereocenters. The summed E-state index contributed by atoms with van der Waals surface area (Å²) in [6, 6.07) is 0. The molecule has 0 nitrogen and oxygen atoms in total. The van der Waals surface area contributed by atoms with Crippen molar-refractivity contribution in [3.05, 3.63) is 0 Å². The Kier molecular flexibility index (Phi) is 1.63. The number of hydrogen-bond donors (Lipinski definition) is 0. The molecule has 0 bridgehead atoms. The molecule has 0 saturated heterocycles. The Morgan fingerprint density at radius 3 is 1.08 bits per heavy atom. The fraction of sp³-hybridized carbons (Fsp3) is 1.00. The van der Waals surface area contributed by atoms with Gasteiger partial charge in [0.2, 0.25) is 0 Å². The summed E-state index contributed by atoms with van der Waals surface area (Å²) in [5.74, 6) is 2.18. The molecule has 0 aromatic carbocycles. The molecule has 0 aromatic heterocycles. The smallest absolute Gasteiger partial charge is 0.0349 e. The van der Waals surface area contributed by atoms with Crippen LogP contribution < -0.4 is 0 Å². The first-order valence-electron chi connectivity index (χ1n) is 5.38. The molecule has 2 saturated carbocycles. The minimum atomic E-state index is 0.685. The highest BCUT2D eigenvalue weighted by Crippen LogP contribution is 2.57. The lowest BCUT2D eigenvalue weighted by Crippen LogP contribution is -2.44. The molecule has 0 radical (unpaired) electrons. The van der Waals surface area contributed by atoms with E-state index in [9.17, 15) is 0 Å². The largest absolute Gasteiger partial charge is 0.0599 e. The minimum absolute atomic E-state index is 0.685. The highest BCUT2D eigenvalue weighted by atomic mass is 14.5. The van der Waals surface area contributed by atoms with Crippen LogP contribution in [-0.4, -0.2) is 0 Å². The molecule has 2 aliphatic carbocycles. The maximum Gasteiger partial charge on any atom is -0.0349 e. The predicted molar refractivity (Wildman–Crippen MR) is 53.0 cm³/mol. The molecule has 70 valence electrons. The summed E-state index contributed by atoms with van der Waals surface area (Å²) in [6.45, 7) is 9.64. The zero-order valence-electron chi connectivity index (χ0n) is 8.98. The third-order valence-corrected chi connectivity index (χ3v) is 3.93. The zero-order chi connectivity index (χ0) is 8.98. The Hall–Kier alpha value is 0. The molecule has 0 unspecified atom stereocenters. The van der Waals surface area contributed by atoms with E-state index in [4.69, 9.17) is 0 Å². The second kappa shape index (κ2) is 2.27. The van der Waals surface area contributed by atoms with Crippen molar-refractivity contribution in [2.24, 2.45) is 22.7 Å². The maximum atomic E-state index is 2.41. The Labute approximate surface area is 76.7 Å². The van der Waals surface area contributed by atoms with Gasteiger partial charge in [-0.15, -0.1) is 0 Å². The Morgan fingerprint density at radius 2 is 0.917 bits per heavy atom. The summed E-state index contributed by atoms with van der Waals surface area (Å²) in [5.41, 5.74) is 1.37. The normalized spacial score (nSPS) is 34.0. The molecule has 0 heterocycles. The highest BCUT2D eigenvalue weighted by molar-refractivity contribution is 4.97. The van der Waals surface area contributed by atoms with Gasteiger partial charge in [0.15, 0.2) is 0 Å². The lowest BCUT2D eigenvalue weighted by molar-refractivity contribution is -0.0387. The Bertz CT molecular complexity index is 150. The van der Waals surface area contributed by atoms with Gasteiger partial charge in [-0.1, -0.05) is 27.7 Å². The van der Waals surface area contributed by atoms with Gasteiger partial charge in [-0.2, -0.15) is 0 Å². The summed E-state index contributed by atoms with van der Waals surface area (Å²) in [6.07, 6.45) is 5.98. The fourth-order valence-corrected chi connectivity index (χ4v) is 3.39. The summed E-state index contributed by atoms with van der Waals surface area (Å²) >= 11 is 0. The van der Waals surface area contributed by atoms with Gasteiger partial charge in [0.05, 0.1) is 0 Å². The predicted octanol–water partition coefficient (Wildman–Crippen LogP) is 3.86. The summed E-state index contributed by atoms with van der Waals surface area (Å²) in [7, 11) is 0. The van der Waals surface area contributed by atoms with Crippen LogP contribution in [-0.2, 0) is 0 Å². The van der Waals surface area contributed by atoms with Crippen LogP contribution in [0.1, 0.15) is 53.4 Å². The van der Waals surface area contributed by atoms with E-state index >= 15 is 0 Å². The van der Waals surface area contributed by atoms with Crippen molar-refractivity contribution < 1.29 is 0 Å². The van der Waals surface area contributed by atoms with Crippen LogP contribution >= 0.6 is 0 Å². The average Bonchev–Trinajstić information content (AvgIpc) is 1.76. The van der Waals surface area contributed by atoms with Gasteiger partial charge in [-0.3, -0.25) is 0 Å². The topological polar surface area (TPSA) is 0 Å². The first-order chi connectivity index (χ1) is 5.38. The maximum absolute atomic E-state index is 2.41. The highest BCUT2D eigenvalue weighted by Gasteiger charge is 2.47. The van der Waals surface area contributed by atoms with Crippen LogP contribution in [0.3, 0.4) is 0 Å². The van der Waals surface area contributed by atoms with Crippen molar-refractivity contribution in [2.45, 2.75) is 53.4 Å². The molecule has 2 aliphatic rings. The van der Waals surface area contributed by atoms with Gasteiger partial charge in [-0.05, 0) is 48.3 Å². The average molecular weight is 166 g/mol. The van der Waals surface area contributed by atoms with Gasteiger partial charge in [-0.25, -0.2) is 0 Å². The lowest BCUT2D eigenvalue weighted by atomic mass is 9.51. The first-order valence-corrected chi connectivity index (χ1v) is 5.38. The second-order valence-corrected chi connectivity index (χ2v) is 6.67. The van der Waals surface area contributed by atoms with Gasteiger partial charge in [0.1, 0.15) is 0 Å². The second-order valence-electron chi connectivity index (χ2n) is 6.67. The van der Waals surface area contributed by atoms with Crippen LogP contribution in [0.4, 0.5) is 0 Å². The third kappa shape index (κ3) is 1.41. The van der Waals surface area contributed by atoms with E-state index in [1.165, 1.54) is 25.7 Å². The number of hydrogen-bond acceptors (Lipinski definition) is 0. The van der Waals surface area contributed by atoms with E-state index in [1.807, 2.05) is 0 Å². The molecule has 2 fully saturated rings. The quantitative estimate of drug-likeness (QED) is 0.555. The molecule has 0 N–H and O–H groups in total. The van der Waals surface area contributed by atoms with Crippen molar-refractivity contribution in [1.29, 1.82) is 0 Å². The van der Waals surface area contributed by atoms with Crippen molar-refractivity contribution in [2.75, 3.05) is 0 Å². The first kappa shape index (κ1) is 8.59. The van der Waals surface area contributed by atoms with Crippen LogP contribution in [0.5, 0.6) is 0 Å².